The second-order valence-corrected chi connectivity index (χ2v) is 8.54. The average Bonchev–Trinajstić information content (AvgIpc) is 2.66. The highest BCUT2D eigenvalue weighted by molar-refractivity contribution is 7.90. The summed E-state index contributed by atoms with van der Waals surface area (Å²) in [5.74, 6) is -0.420. The second kappa shape index (κ2) is 9.75. The van der Waals surface area contributed by atoms with E-state index in [9.17, 15) is 31.5 Å². The molecule has 0 saturated carbocycles. The quantitative estimate of drug-likeness (QED) is 0.600. The highest BCUT2D eigenvalue weighted by atomic mass is 32.2. The molecule has 1 atom stereocenters. The van der Waals surface area contributed by atoms with Gasteiger partial charge in [-0.1, -0.05) is 42.5 Å². The molecule has 0 spiro atoms. The van der Waals surface area contributed by atoms with Gasteiger partial charge in [-0.25, -0.2) is 13.2 Å². The fourth-order valence-corrected chi connectivity index (χ4v) is 3.77. The molecule has 10 heteroatoms. The molecule has 0 heterocycles. The minimum Gasteiger partial charge on any atom is -0.387 e. The van der Waals surface area contributed by atoms with Crippen molar-refractivity contribution in [2.24, 2.45) is 0 Å². The topological polar surface area (TPSA) is 95.5 Å². The third-order valence-corrected chi connectivity index (χ3v) is 5.58. The summed E-state index contributed by atoms with van der Waals surface area (Å²) in [6.45, 7) is -0.468. The number of sulfone groups is 1. The van der Waals surface area contributed by atoms with Crippen LogP contribution < -0.4 is 10.6 Å². The van der Waals surface area contributed by atoms with Gasteiger partial charge in [-0.3, -0.25) is 0 Å². The smallest absolute Gasteiger partial charge is 0.387 e. The Kier molecular flexibility index (Phi) is 7.63. The number of urea groups is 1. The van der Waals surface area contributed by atoms with Crippen LogP contribution in [-0.2, 0) is 21.8 Å². The molecule has 2 aromatic carbocycles. The summed E-state index contributed by atoms with van der Waals surface area (Å²) in [5, 5.41) is 14.6. The number of amides is 2. The minimum absolute atomic E-state index is 0.00515. The highest BCUT2D eigenvalue weighted by Crippen LogP contribution is 2.30. The van der Waals surface area contributed by atoms with E-state index in [1.54, 1.807) is 30.3 Å². The van der Waals surface area contributed by atoms with E-state index in [1.807, 2.05) is 0 Å². The van der Waals surface area contributed by atoms with Gasteiger partial charge in [0.2, 0.25) is 0 Å². The molecule has 0 radical (unpaired) electrons. The van der Waals surface area contributed by atoms with Crippen LogP contribution in [-0.4, -0.2) is 38.4 Å². The Bertz CT molecular complexity index is 919. The Morgan fingerprint density at radius 1 is 1.03 bits per heavy atom. The average molecular weight is 430 g/mol. The Hall–Kier alpha value is -2.59. The third kappa shape index (κ3) is 7.74. The lowest BCUT2D eigenvalue weighted by atomic mass is 10.1. The molecule has 2 amide bonds. The van der Waals surface area contributed by atoms with E-state index in [4.69, 9.17) is 0 Å². The number of carbonyl (C=O) groups excluding carboxylic acids is 1. The zero-order valence-electron chi connectivity index (χ0n) is 15.3. The molecule has 0 fully saturated rings. The number of hydrogen-bond acceptors (Lipinski definition) is 4. The Labute approximate surface area is 166 Å². The van der Waals surface area contributed by atoms with Gasteiger partial charge in [0.1, 0.15) is 0 Å². The van der Waals surface area contributed by atoms with E-state index in [1.165, 1.54) is 12.1 Å². The molecule has 0 aliphatic heterocycles. The predicted octanol–water partition coefficient (Wildman–Crippen LogP) is 2.65. The first-order chi connectivity index (χ1) is 13.6. The van der Waals surface area contributed by atoms with Crippen LogP contribution in [0.25, 0.3) is 0 Å². The summed E-state index contributed by atoms with van der Waals surface area (Å²) in [6, 6.07) is 12.0. The first kappa shape index (κ1) is 22.7. The van der Waals surface area contributed by atoms with Crippen molar-refractivity contribution in [3.8, 4) is 0 Å². The molecule has 0 aromatic heterocycles. The van der Waals surface area contributed by atoms with E-state index < -0.39 is 33.7 Å². The number of aliphatic hydroxyl groups is 1. The fourth-order valence-electron chi connectivity index (χ4n) is 2.51. The van der Waals surface area contributed by atoms with Gasteiger partial charge < -0.3 is 15.7 Å². The number of hydrogen-bond donors (Lipinski definition) is 3. The van der Waals surface area contributed by atoms with Crippen molar-refractivity contribution in [2.45, 2.75) is 18.0 Å². The van der Waals surface area contributed by atoms with Crippen molar-refractivity contribution in [3.05, 3.63) is 71.3 Å². The molecular weight excluding hydrogens is 409 g/mol. The largest absolute Gasteiger partial charge is 0.416 e. The van der Waals surface area contributed by atoms with Crippen molar-refractivity contribution in [1.29, 1.82) is 0 Å². The standard InChI is InChI=1S/C19H21F3N2O4S/c20-19(21,22)16-8-4-7-15(11-16)17(25)12-24-18(26)23-9-10-29(27,28)13-14-5-2-1-3-6-14/h1-8,11,17,25H,9-10,12-13H2,(H2,23,24,26). The van der Waals surface area contributed by atoms with Crippen molar-refractivity contribution >= 4 is 15.9 Å². The molecule has 2 aromatic rings. The summed E-state index contributed by atoms with van der Waals surface area (Å²) in [7, 11) is -3.42. The van der Waals surface area contributed by atoms with Crippen molar-refractivity contribution < 1.29 is 31.5 Å². The van der Waals surface area contributed by atoms with Crippen LogP contribution in [0, 0.1) is 0 Å². The molecular formula is C19H21F3N2O4S. The van der Waals surface area contributed by atoms with Crippen LogP contribution in [0.15, 0.2) is 54.6 Å². The molecule has 6 nitrogen and oxygen atoms in total. The minimum atomic E-state index is -4.54. The summed E-state index contributed by atoms with van der Waals surface area (Å²) in [6.07, 6.45) is -5.88. The number of carbonyl (C=O) groups is 1. The summed E-state index contributed by atoms with van der Waals surface area (Å²) < 4.78 is 62.2. The van der Waals surface area contributed by atoms with Crippen LogP contribution in [0.2, 0.25) is 0 Å². The lowest BCUT2D eigenvalue weighted by Crippen LogP contribution is -2.40. The van der Waals surface area contributed by atoms with Gasteiger partial charge in [0, 0.05) is 13.1 Å². The molecule has 0 bridgehead atoms. The monoisotopic (exact) mass is 430 g/mol. The normalized spacial score (nSPS) is 13.0. The van der Waals surface area contributed by atoms with Gasteiger partial charge in [-0.2, -0.15) is 13.2 Å². The first-order valence-corrected chi connectivity index (χ1v) is 10.5. The Morgan fingerprint density at radius 3 is 2.38 bits per heavy atom. The molecule has 0 saturated heterocycles. The number of rotatable bonds is 8. The van der Waals surface area contributed by atoms with E-state index in [2.05, 4.69) is 10.6 Å². The first-order valence-electron chi connectivity index (χ1n) is 8.68. The number of halogens is 3. The van der Waals surface area contributed by atoms with Crippen LogP contribution >= 0.6 is 0 Å². The van der Waals surface area contributed by atoms with E-state index in [0.717, 1.165) is 12.1 Å². The van der Waals surface area contributed by atoms with Gasteiger partial charge in [0.05, 0.1) is 23.2 Å². The van der Waals surface area contributed by atoms with Crippen molar-refractivity contribution in [3.63, 3.8) is 0 Å². The zero-order valence-corrected chi connectivity index (χ0v) is 16.1. The van der Waals surface area contributed by atoms with E-state index in [-0.39, 0.29) is 30.2 Å². The maximum Gasteiger partial charge on any atom is 0.416 e. The second-order valence-electron chi connectivity index (χ2n) is 6.35. The zero-order chi connectivity index (χ0) is 21.5. The molecule has 3 N–H and O–H groups in total. The Morgan fingerprint density at radius 2 is 1.72 bits per heavy atom. The number of alkyl halides is 3. The van der Waals surface area contributed by atoms with Gasteiger partial charge in [-0.05, 0) is 23.3 Å². The molecule has 0 aliphatic rings. The van der Waals surface area contributed by atoms with Gasteiger partial charge >= 0.3 is 12.2 Å². The lowest BCUT2D eigenvalue weighted by molar-refractivity contribution is -0.137. The SMILES string of the molecule is O=C(NCCS(=O)(=O)Cc1ccccc1)NCC(O)c1cccc(C(F)(F)F)c1. The van der Waals surface area contributed by atoms with Crippen LogP contribution in [0.5, 0.6) is 0 Å². The number of nitrogens with one attached hydrogen (secondary N) is 2. The maximum absolute atomic E-state index is 12.7. The number of benzene rings is 2. The van der Waals surface area contributed by atoms with E-state index in [0.29, 0.717) is 5.56 Å². The maximum atomic E-state index is 12.7. The molecule has 1 unspecified atom stereocenters. The molecule has 29 heavy (non-hydrogen) atoms. The fraction of sp³-hybridized carbons (Fsp3) is 0.316. The number of aliphatic hydroxyl groups excluding tert-OH is 1. The van der Waals surface area contributed by atoms with Gasteiger partial charge in [0.25, 0.3) is 0 Å². The summed E-state index contributed by atoms with van der Waals surface area (Å²) in [5.41, 5.74) is -0.256. The van der Waals surface area contributed by atoms with Gasteiger partial charge in [-0.15, -0.1) is 0 Å². The summed E-state index contributed by atoms with van der Waals surface area (Å²) >= 11 is 0. The van der Waals surface area contributed by atoms with Crippen LogP contribution in [0.4, 0.5) is 18.0 Å². The molecule has 158 valence electrons. The Balaban J connectivity index is 1.77. The van der Waals surface area contributed by atoms with Crippen LogP contribution in [0.3, 0.4) is 0 Å². The summed E-state index contributed by atoms with van der Waals surface area (Å²) in [4.78, 5) is 11.7. The van der Waals surface area contributed by atoms with Gasteiger partial charge in [0.15, 0.2) is 9.84 Å². The molecule has 0 aliphatic carbocycles. The highest BCUT2D eigenvalue weighted by Gasteiger charge is 2.30. The van der Waals surface area contributed by atoms with Crippen molar-refractivity contribution in [1.82, 2.24) is 10.6 Å². The predicted molar refractivity (Wildman–Crippen MR) is 102 cm³/mol. The third-order valence-electron chi connectivity index (χ3n) is 3.98. The van der Waals surface area contributed by atoms with Crippen LogP contribution in [0.1, 0.15) is 22.8 Å². The molecule has 2 rings (SSSR count). The van der Waals surface area contributed by atoms with Crippen molar-refractivity contribution in [2.75, 3.05) is 18.8 Å². The van der Waals surface area contributed by atoms with E-state index >= 15 is 0 Å². The lowest BCUT2D eigenvalue weighted by Gasteiger charge is -2.15.